The van der Waals surface area contributed by atoms with Gasteiger partial charge in [0.2, 0.25) is 5.95 Å². The number of ether oxygens (including phenoxy) is 1. The molecule has 0 amide bonds. The molecule has 1 aromatic carbocycles. The van der Waals surface area contributed by atoms with E-state index in [2.05, 4.69) is 30.6 Å². The summed E-state index contributed by atoms with van der Waals surface area (Å²) in [6.07, 6.45) is 1.56. The minimum absolute atomic E-state index is 0.0131. The highest BCUT2D eigenvalue weighted by Gasteiger charge is 2.27. The van der Waals surface area contributed by atoms with E-state index in [9.17, 15) is 13.2 Å². The summed E-state index contributed by atoms with van der Waals surface area (Å²) in [5.74, 6) is 0.678. The second-order valence-corrected chi connectivity index (χ2v) is 6.31. The van der Waals surface area contributed by atoms with E-state index in [0.717, 1.165) is 5.56 Å². The molecule has 31 heavy (non-hydrogen) atoms. The second-order valence-electron chi connectivity index (χ2n) is 6.31. The van der Waals surface area contributed by atoms with E-state index >= 15 is 0 Å². The monoisotopic (exact) mass is 431 g/mol. The normalized spacial score (nSPS) is 12.4. The molecule has 8 nitrogen and oxygen atoms in total. The zero-order chi connectivity index (χ0) is 22.4. The first-order valence-corrected chi connectivity index (χ1v) is 9.06. The van der Waals surface area contributed by atoms with Crippen LogP contribution in [0.3, 0.4) is 0 Å². The third-order valence-corrected chi connectivity index (χ3v) is 4.18. The van der Waals surface area contributed by atoms with Crippen LogP contribution >= 0.6 is 0 Å². The number of anilines is 3. The van der Waals surface area contributed by atoms with Gasteiger partial charge in [-0.3, -0.25) is 4.99 Å². The van der Waals surface area contributed by atoms with Gasteiger partial charge in [0.15, 0.2) is 5.82 Å². The molecule has 0 bridgehead atoms. The lowest BCUT2D eigenvalue weighted by atomic mass is 10.1. The van der Waals surface area contributed by atoms with Gasteiger partial charge in [0, 0.05) is 42.8 Å². The van der Waals surface area contributed by atoms with E-state index in [1.54, 1.807) is 31.5 Å². The summed E-state index contributed by atoms with van der Waals surface area (Å²) in [4.78, 5) is 16.5. The van der Waals surface area contributed by atoms with Crippen LogP contribution in [0, 0.1) is 0 Å². The Bertz CT molecular complexity index is 1130. The number of halogens is 3. The van der Waals surface area contributed by atoms with Crippen molar-refractivity contribution in [1.82, 2.24) is 15.0 Å². The molecule has 3 aromatic rings. The Morgan fingerprint density at radius 2 is 2.06 bits per heavy atom. The maximum atomic E-state index is 12.6. The van der Waals surface area contributed by atoms with Gasteiger partial charge in [-0.15, -0.1) is 0 Å². The lowest BCUT2D eigenvalue weighted by Crippen LogP contribution is -2.22. The number of allylic oxidation sites excluding steroid dienone is 1. The molecule has 11 heteroatoms. The molecule has 162 valence electrons. The third kappa shape index (κ3) is 5.38. The quantitative estimate of drug-likeness (QED) is 0.489. The Balaban J connectivity index is 1.92. The van der Waals surface area contributed by atoms with Crippen LogP contribution < -0.4 is 21.1 Å². The topological polar surface area (TPSA) is 110 Å². The molecule has 2 heterocycles. The molecule has 0 aliphatic heterocycles. The number of rotatable bonds is 7. The van der Waals surface area contributed by atoms with E-state index in [0.29, 0.717) is 22.4 Å². The Kier molecular flexibility index (Phi) is 6.53. The van der Waals surface area contributed by atoms with Crippen LogP contribution in [0.4, 0.5) is 30.6 Å². The van der Waals surface area contributed by atoms with Crippen molar-refractivity contribution in [2.45, 2.75) is 6.18 Å². The van der Waals surface area contributed by atoms with E-state index in [1.165, 1.54) is 25.7 Å². The summed E-state index contributed by atoms with van der Waals surface area (Å²) in [6.45, 7) is -1.22. The molecule has 3 rings (SSSR count). The van der Waals surface area contributed by atoms with Gasteiger partial charge in [-0.1, -0.05) is 6.07 Å². The molecule has 2 aromatic heterocycles. The van der Waals surface area contributed by atoms with Gasteiger partial charge < -0.3 is 21.1 Å². The fourth-order valence-corrected chi connectivity index (χ4v) is 2.78. The van der Waals surface area contributed by atoms with Crippen molar-refractivity contribution in [3.8, 4) is 5.75 Å². The number of hydrogen-bond donors (Lipinski definition) is 3. The lowest BCUT2D eigenvalue weighted by molar-refractivity contribution is -0.115. The first-order chi connectivity index (χ1) is 14.8. The molecule has 0 radical (unpaired) electrons. The van der Waals surface area contributed by atoms with Gasteiger partial charge in [0.25, 0.3) is 0 Å². The summed E-state index contributed by atoms with van der Waals surface area (Å²) in [5.41, 5.74) is 7.97. The molecule has 0 saturated heterocycles. The number of aromatic nitrogens is 3. The minimum atomic E-state index is -4.38. The van der Waals surface area contributed by atoms with Gasteiger partial charge in [-0.05, 0) is 23.8 Å². The Labute approximate surface area is 176 Å². The number of pyridine rings is 1. The fraction of sp³-hybridized carbons (Fsp3) is 0.200. The van der Waals surface area contributed by atoms with Crippen LogP contribution in [0.25, 0.3) is 16.5 Å². The second kappa shape index (κ2) is 9.28. The summed E-state index contributed by atoms with van der Waals surface area (Å²) >= 11 is 0. The van der Waals surface area contributed by atoms with E-state index < -0.39 is 12.7 Å². The number of benzene rings is 1. The highest BCUT2D eigenvalue weighted by Crippen LogP contribution is 2.30. The molecule has 0 atom stereocenters. The standard InChI is InChI=1S/C20H20F3N7O/c1-25-9-14(8-24)12-3-4-15(16(7-12)31-2)29-19-27-10-13-5-6-26-18(17(13)30-19)28-11-20(21,22)23/h3-10H,11,24H2,1-2H3,(H,26,28)(H,27,29,30). The third-order valence-electron chi connectivity index (χ3n) is 4.18. The van der Waals surface area contributed by atoms with Gasteiger partial charge in [-0.25, -0.2) is 15.0 Å². The molecule has 0 fully saturated rings. The molecule has 0 spiro atoms. The maximum Gasteiger partial charge on any atom is 0.405 e. The van der Waals surface area contributed by atoms with Crippen molar-refractivity contribution in [3.05, 3.63) is 48.4 Å². The number of hydrogen-bond acceptors (Lipinski definition) is 8. The average molecular weight is 431 g/mol. The van der Waals surface area contributed by atoms with Gasteiger partial charge >= 0.3 is 6.18 Å². The molecule has 4 N–H and O–H groups in total. The van der Waals surface area contributed by atoms with Crippen LogP contribution in [0.5, 0.6) is 5.75 Å². The predicted molar refractivity (Wildman–Crippen MR) is 115 cm³/mol. The molecule has 0 saturated carbocycles. The highest BCUT2D eigenvalue weighted by atomic mass is 19.4. The number of aliphatic imine (C=N–C) groups is 1. The fourth-order valence-electron chi connectivity index (χ4n) is 2.78. The van der Waals surface area contributed by atoms with Gasteiger partial charge in [-0.2, -0.15) is 13.2 Å². The zero-order valence-corrected chi connectivity index (χ0v) is 16.7. The maximum absolute atomic E-state index is 12.6. The van der Waals surface area contributed by atoms with Crippen molar-refractivity contribution in [1.29, 1.82) is 0 Å². The molecule has 0 aliphatic carbocycles. The lowest BCUT2D eigenvalue weighted by Gasteiger charge is -2.13. The van der Waals surface area contributed by atoms with Crippen LogP contribution in [0.1, 0.15) is 5.56 Å². The minimum Gasteiger partial charge on any atom is -0.495 e. The zero-order valence-electron chi connectivity index (χ0n) is 16.7. The van der Waals surface area contributed by atoms with E-state index in [-0.39, 0.29) is 17.3 Å². The van der Waals surface area contributed by atoms with Gasteiger partial charge in [0.05, 0.1) is 12.8 Å². The first-order valence-electron chi connectivity index (χ1n) is 9.06. The average Bonchev–Trinajstić information content (AvgIpc) is 2.75. The van der Waals surface area contributed by atoms with Crippen LogP contribution in [-0.4, -0.2) is 48.0 Å². The number of nitrogens with zero attached hydrogens (tertiary/aromatic N) is 4. The highest BCUT2D eigenvalue weighted by molar-refractivity contribution is 6.09. The molecule has 0 aliphatic rings. The SMILES string of the molecule is CN=CC(=CN)c1ccc(Nc2ncc3ccnc(NCC(F)(F)F)c3n2)c(OC)c1. The van der Waals surface area contributed by atoms with Crippen molar-refractivity contribution < 1.29 is 17.9 Å². The Morgan fingerprint density at radius 1 is 1.26 bits per heavy atom. The van der Waals surface area contributed by atoms with Crippen molar-refractivity contribution >= 4 is 40.1 Å². The van der Waals surface area contributed by atoms with Crippen LogP contribution in [-0.2, 0) is 0 Å². The van der Waals surface area contributed by atoms with Crippen LogP contribution in [0.15, 0.2) is 47.9 Å². The number of methoxy groups -OCH3 is 1. The van der Waals surface area contributed by atoms with Gasteiger partial charge in [0.1, 0.15) is 17.8 Å². The van der Waals surface area contributed by atoms with Crippen LogP contribution in [0.2, 0.25) is 0 Å². The summed E-state index contributed by atoms with van der Waals surface area (Å²) in [5, 5.41) is 5.84. The van der Waals surface area contributed by atoms with Crippen molar-refractivity contribution in [2.24, 2.45) is 10.7 Å². The molecular formula is C20H20F3N7O. The number of nitrogens with two attached hydrogens (primary N) is 1. The summed E-state index contributed by atoms with van der Waals surface area (Å²) < 4.78 is 43.2. The van der Waals surface area contributed by atoms with Crippen molar-refractivity contribution in [2.75, 3.05) is 31.3 Å². The Hall–Kier alpha value is -3.89. The smallest absolute Gasteiger partial charge is 0.405 e. The summed E-state index contributed by atoms with van der Waals surface area (Å²) in [6, 6.07) is 6.94. The molecule has 0 unspecified atom stereocenters. The largest absolute Gasteiger partial charge is 0.495 e. The first kappa shape index (κ1) is 21.8. The number of nitrogens with one attached hydrogen (secondary N) is 2. The predicted octanol–water partition coefficient (Wildman–Crippen LogP) is 3.75. The number of fused-ring (bicyclic) bond motifs is 1. The van der Waals surface area contributed by atoms with E-state index in [1.807, 2.05) is 6.07 Å². The summed E-state index contributed by atoms with van der Waals surface area (Å²) in [7, 11) is 3.15. The Morgan fingerprint density at radius 3 is 2.74 bits per heavy atom. The van der Waals surface area contributed by atoms with Crippen molar-refractivity contribution in [3.63, 3.8) is 0 Å². The molecular weight excluding hydrogens is 411 g/mol. The number of alkyl halides is 3. The van der Waals surface area contributed by atoms with E-state index in [4.69, 9.17) is 10.5 Å².